The first kappa shape index (κ1) is 9.68. The molecule has 2 rings (SSSR count). The number of ether oxygens (including phenoxy) is 1. The van der Waals surface area contributed by atoms with Crippen LogP contribution in [0.25, 0.3) is 0 Å². The predicted octanol–water partition coefficient (Wildman–Crippen LogP) is 1.03. The van der Waals surface area contributed by atoms with Gasteiger partial charge in [-0.15, -0.1) is 0 Å². The van der Waals surface area contributed by atoms with Crippen LogP contribution in [0.4, 0.5) is 0 Å². The zero-order valence-electron chi connectivity index (χ0n) is 9.00. The van der Waals surface area contributed by atoms with Gasteiger partial charge in [-0.3, -0.25) is 10.00 Å². The fourth-order valence-electron chi connectivity index (χ4n) is 2.04. The Balaban J connectivity index is 2.28. The van der Waals surface area contributed by atoms with Crippen molar-refractivity contribution in [1.82, 2.24) is 15.1 Å². The van der Waals surface area contributed by atoms with Gasteiger partial charge >= 0.3 is 0 Å². The van der Waals surface area contributed by atoms with E-state index in [-0.39, 0.29) is 0 Å². The van der Waals surface area contributed by atoms with E-state index in [2.05, 4.69) is 29.1 Å². The minimum atomic E-state index is 0.363. The molecule has 1 atom stereocenters. The number of aromatic nitrogens is 2. The summed E-state index contributed by atoms with van der Waals surface area (Å²) in [6, 6.07) is 0.363. The summed E-state index contributed by atoms with van der Waals surface area (Å²) in [5.74, 6) is 0. The number of hydrogen-bond donors (Lipinski definition) is 1. The molecule has 4 nitrogen and oxygen atoms in total. The van der Waals surface area contributed by atoms with Crippen molar-refractivity contribution in [3.63, 3.8) is 0 Å². The molecular formula is C10H17N3O. The molecule has 1 aliphatic rings. The fraction of sp³-hybridized carbons (Fsp3) is 0.700. The van der Waals surface area contributed by atoms with E-state index in [1.807, 2.05) is 6.92 Å². The second kappa shape index (κ2) is 3.71. The van der Waals surface area contributed by atoms with Crippen molar-refractivity contribution in [3.05, 3.63) is 17.0 Å². The lowest BCUT2D eigenvalue weighted by Crippen LogP contribution is -2.37. The molecule has 0 bridgehead atoms. The third-order valence-corrected chi connectivity index (χ3v) is 2.91. The number of hydrogen-bond acceptors (Lipinski definition) is 3. The first-order chi connectivity index (χ1) is 6.70. The number of aryl methyl sites for hydroxylation is 2. The molecule has 4 heteroatoms. The van der Waals surface area contributed by atoms with Crippen LogP contribution >= 0.6 is 0 Å². The van der Waals surface area contributed by atoms with E-state index in [1.54, 1.807) is 0 Å². The molecule has 0 aromatic carbocycles. The summed E-state index contributed by atoms with van der Waals surface area (Å²) in [7, 11) is 2.14. The lowest BCUT2D eigenvalue weighted by Gasteiger charge is -2.32. The van der Waals surface area contributed by atoms with E-state index in [0.29, 0.717) is 6.04 Å². The van der Waals surface area contributed by atoms with Gasteiger partial charge in [0.2, 0.25) is 0 Å². The highest BCUT2D eigenvalue weighted by Gasteiger charge is 2.25. The molecule has 1 aromatic heterocycles. The average Bonchev–Trinajstić information content (AvgIpc) is 2.48. The maximum absolute atomic E-state index is 5.50. The van der Waals surface area contributed by atoms with Crippen molar-refractivity contribution in [3.8, 4) is 0 Å². The minimum absolute atomic E-state index is 0.363. The van der Waals surface area contributed by atoms with E-state index >= 15 is 0 Å². The second-order valence-corrected chi connectivity index (χ2v) is 3.92. The summed E-state index contributed by atoms with van der Waals surface area (Å²) in [6.45, 7) is 6.72. The Hall–Kier alpha value is -0.870. The van der Waals surface area contributed by atoms with Crippen molar-refractivity contribution >= 4 is 0 Å². The van der Waals surface area contributed by atoms with Gasteiger partial charge in [0.15, 0.2) is 0 Å². The van der Waals surface area contributed by atoms with Crippen LogP contribution in [0.15, 0.2) is 0 Å². The summed E-state index contributed by atoms with van der Waals surface area (Å²) in [5.41, 5.74) is 3.54. The molecule has 1 saturated heterocycles. The van der Waals surface area contributed by atoms with E-state index in [9.17, 15) is 0 Å². The highest BCUT2D eigenvalue weighted by Crippen LogP contribution is 2.26. The molecule has 1 aliphatic heterocycles. The highest BCUT2D eigenvalue weighted by molar-refractivity contribution is 5.27. The summed E-state index contributed by atoms with van der Waals surface area (Å²) in [5, 5.41) is 7.24. The van der Waals surface area contributed by atoms with Crippen molar-refractivity contribution in [2.75, 3.05) is 26.8 Å². The number of H-pyrrole nitrogens is 1. The number of morpholine rings is 1. The van der Waals surface area contributed by atoms with Crippen LogP contribution in [0, 0.1) is 13.8 Å². The second-order valence-electron chi connectivity index (χ2n) is 3.92. The molecule has 0 radical (unpaired) electrons. The third kappa shape index (κ3) is 1.55. The van der Waals surface area contributed by atoms with Crippen LogP contribution in [0.3, 0.4) is 0 Å². The van der Waals surface area contributed by atoms with Gasteiger partial charge in [-0.25, -0.2) is 0 Å². The van der Waals surface area contributed by atoms with Gasteiger partial charge in [0.1, 0.15) is 0 Å². The maximum Gasteiger partial charge on any atom is 0.0665 e. The van der Waals surface area contributed by atoms with Crippen LogP contribution in [0.2, 0.25) is 0 Å². The maximum atomic E-state index is 5.50. The lowest BCUT2D eigenvalue weighted by molar-refractivity contribution is 0.00461. The molecule has 0 unspecified atom stereocenters. The van der Waals surface area contributed by atoms with Crippen molar-refractivity contribution in [2.45, 2.75) is 19.9 Å². The number of likely N-dealkylation sites (N-methyl/N-ethyl adjacent to an activating group) is 1. The largest absolute Gasteiger partial charge is 0.378 e. The zero-order chi connectivity index (χ0) is 10.1. The normalized spacial score (nSPS) is 24.1. The highest BCUT2D eigenvalue weighted by atomic mass is 16.5. The van der Waals surface area contributed by atoms with Crippen molar-refractivity contribution in [2.24, 2.45) is 0 Å². The molecule has 0 spiro atoms. The standard InChI is InChI=1S/C10H17N3O/c1-7-10(8(2)12-11-7)9-6-14-5-4-13(9)3/h9H,4-6H2,1-3H3,(H,11,12)/t9-/m0/s1. The van der Waals surface area contributed by atoms with Gasteiger partial charge in [0.05, 0.1) is 24.9 Å². The molecule has 14 heavy (non-hydrogen) atoms. The Morgan fingerprint density at radius 2 is 2.29 bits per heavy atom. The summed E-state index contributed by atoms with van der Waals surface area (Å²) < 4.78 is 5.50. The molecule has 0 aliphatic carbocycles. The monoisotopic (exact) mass is 195 g/mol. The molecule has 2 heterocycles. The Bertz CT molecular complexity index is 302. The van der Waals surface area contributed by atoms with Gasteiger partial charge in [-0.2, -0.15) is 5.10 Å². The number of aromatic amines is 1. The molecule has 0 amide bonds. The van der Waals surface area contributed by atoms with Crippen LogP contribution in [-0.2, 0) is 4.74 Å². The summed E-state index contributed by atoms with van der Waals surface area (Å²) in [4.78, 5) is 2.33. The summed E-state index contributed by atoms with van der Waals surface area (Å²) in [6.07, 6.45) is 0. The summed E-state index contributed by atoms with van der Waals surface area (Å²) >= 11 is 0. The first-order valence-electron chi connectivity index (χ1n) is 4.99. The van der Waals surface area contributed by atoms with E-state index in [0.717, 1.165) is 31.1 Å². The Kier molecular flexibility index (Phi) is 2.56. The minimum Gasteiger partial charge on any atom is -0.378 e. The van der Waals surface area contributed by atoms with E-state index < -0.39 is 0 Å². The Morgan fingerprint density at radius 1 is 1.50 bits per heavy atom. The third-order valence-electron chi connectivity index (χ3n) is 2.91. The molecule has 78 valence electrons. The molecule has 0 saturated carbocycles. The van der Waals surface area contributed by atoms with E-state index in [4.69, 9.17) is 4.74 Å². The van der Waals surface area contributed by atoms with Crippen LogP contribution in [-0.4, -0.2) is 41.9 Å². The van der Waals surface area contributed by atoms with Gasteiger partial charge in [0, 0.05) is 17.8 Å². The van der Waals surface area contributed by atoms with Gasteiger partial charge < -0.3 is 4.74 Å². The first-order valence-corrected chi connectivity index (χ1v) is 4.99. The van der Waals surface area contributed by atoms with Gasteiger partial charge in [-0.1, -0.05) is 0 Å². The van der Waals surface area contributed by atoms with Gasteiger partial charge in [0.25, 0.3) is 0 Å². The number of rotatable bonds is 1. The zero-order valence-corrected chi connectivity index (χ0v) is 9.00. The van der Waals surface area contributed by atoms with Crippen molar-refractivity contribution in [1.29, 1.82) is 0 Å². The van der Waals surface area contributed by atoms with Crippen LogP contribution < -0.4 is 0 Å². The SMILES string of the molecule is Cc1n[nH]c(C)c1[C@@H]1COCCN1C. The predicted molar refractivity (Wildman–Crippen MR) is 54.3 cm³/mol. The topological polar surface area (TPSA) is 41.1 Å². The Morgan fingerprint density at radius 3 is 2.86 bits per heavy atom. The molecular weight excluding hydrogens is 178 g/mol. The number of nitrogens with zero attached hydrogens (tertiary/aromatic N) is 2. The van der Waals surface area contributed by atoms with Crippen LogP contribution in [0.1, 0.15) is 23.0 Å². The quantitative estimate of drug-likeness (QED) is 0.727. The van der Waals surface area contributed by atoms with E-state index in [1.165, 1.54) is 5.56 Å². The molecule has 1 N–H and O–H groups in total. The molecule has 1 aromatic rings. The average molecular weight is 195 g/mol. The lowest BCUT2D eigenvalue weighted by atomic mass is 10.0. The smallest absolute Gasteiger partial charge is 0.0665 e. The van der Waals surface area contributed by atoms with Gasteiger partial charge in [-0.05, 0) is 20.9 Å². The van der Waals surface area contributed by atoms with Crippen LogP contribution in [0.5, 0.6) is 0 Å². The fourth-order valence-corrected chi connectivity index (χ4v) is 2.04. The Labute approximate surface area is 84.3 Å². The number of nitrogens with one attached hydrogen (secondary N) is 1. The van der Waals surface area contributed by atoms with Crippen molar-refractivity contribution < 1.29 is 4.74 Å². The molecule has 1 fully saturated rings.